The Morgan fingerprint density at radius 2 is 1.70 bits per heavy atom. The van der Waals surface area contributed by atoms with Gasteiger partial charge in [0, 0.05) is 14.1 Å². The van der Waals surface area contributed by atoms with Gasteiger partial charge >= 0.3 is 0 Å². The third-order valence-corrected chi connectivity index (χ3v) is 5.02. The Labute approximate surface area is 143 Å². The van der Waals surface area contributed by atoms with E-state index in [0.29, 0.717) is 0 Å². The number of rotatable bonds is 3. The van der Waals surface area contributed by atoms with E-state index in [4.69, 9.17) is 5.73 Å². The van der Waals surface area contributed by atoms with E-state index in [0.717, 1.165) is 10.9 Å². The van der Waals surface area contributed by atoms with E-state index in [2.05, 4.69) is 89.6 Å². The first-order chi connectivity index (χ1) is 9.38. The van der Waals surface area contributed by atoms with Gasteiger partial charge < -0.3 is 5.73 Å². The summed E-state index contributed by atoms with van der Waals surface area (Å²) in [5.41, 5.74) is 13.0. The summed E-state index contributed by atoms with van der Waals surface area (Å²) in [6.45, 7) is 6.48. The lowest BCUT2D eigenvalue weighted by Crippen LogP contribution is -2.15. The fourth-order valence-corrected chi connectivity index (χ4v) is 3.72. The molecule has 0 aliphatic rings. The summed E-state index contributed by atoms with van der Waals surface area (Å²) < 4.78 is 2.31. The van der Waals surface area contributed by atoms with Crippen LogP contribution in [0.5, 0.6) is 0 Å². The fourth-order valence-electron chi connectivity index (χ4n) is 2.66. The van der Waals surface area contributed by atoms with Crippen LogP contribution in [0.2, 0.25) is 0 Å². The molecule has 0 aliphatic heterocycles. The lowest BCUT2D eigenvalue weighted by Gasteiger charge is -2.18. The van der Waals surface area contributed by atoms with Crippen molar-refractivity contribution in [2.75, 3.05) is 0 Å². The van der Waals surface area contributed by atoms with Gasteiger partial charge in [-0.2, -0.15) is 0 Å². The van der Waals surface area contributed by atoms with Crippen molar-refractivity contribution in [1.82, 2.24) is 0 Å². The molecule has 3 heteroatoms. The predicted molar refractivity (Wildman–Crippen MR) is 98.1 cm³/mol. The maximum atomic E-state index is 6.44. The summed E-state index contributed by atoms with van der Waals surface area (Å²) in [7, 11) is 0. The molecule has 2 rings (SSSR count). The van der Waals surface area contributed by atoms with Crippen molar-refractivity contribution in [1.29, 1.82) is 0 Å². The largest absolute Gasteiger partial charge is 0.324 e. The number of hydrogen-bond acceptors (Lipinski definition) is 1. The van der Waals surface area contributed by atoms with E-state index >= 15 is 0 Å². The average molecular weight is 444 g/mol. The number of halogens is 2. The monoisotopic (exact) mass is 443 g/mol. The normalized spacial score (nSPS) is 12.5. The zero-order chi connectivity index (χ0) is 14.9. The summed E-state index contributed by atoms with van der Waals surface area (Å²) in [6.07, 6.45) is 0.872. The van der Waals surface area contributed by atoms with Crippen molar-refractivity contribution in [3.63, 3.8) is 0 Å². The molecule has 106 valence electrons. The third-order valence-electron chi connectivity index (χ3n) is 3.62. The first-order valence-electron chi connectivity index (χ1n) is 6.65. The van der Waals surface area contributed by atoms with E-state index in [1.165, 1.54) is 31.4 Å². The van der Waals surface area contributed by atoms with Gasteiger partial charge in [-0.3, -0.25) is 0 Å². The molecule has 20 heavy (non-hydrogen) atoms. The first kappa shape index (κ1) is 16.0. The van der Waals surface area contributed by atoms with Crippen LogP contribution in [0.25, 0.3) is 0 Å². The molecule has 2 N–H and O–H groups in total. The maximum Gasteiger partial charge on any atom is 0.0347 e. The fraction of sp³-hybridized carbons (Fsp3) is 0.294. The van der Waals surface area contributed by atoms with Gasteiger partial charge in [0.05, 0.1) is 0 Å². The van der Waals surface area contributed by atoms with Crippen LogP contribution in [0.15, 0.2) is 34.8 Å². The van der Waals surface area contributed by atoms with Crippen LogP contribution in [0.4, 0.5) is 0 Å². The van der Waals surface area contributed by atoms with Crippen LogP contribution in [0.1, 0.15) is 33.9 Å². The summed E-state index contributed by atoms with van der Waals surface area (Å²) in [6, 6.07) is 10.8. The summed E-state index contributed by atoms with van der Waals surface area (Å²) in [5.74, 6) is 0. The van der Waals surface area contributed by atoms with Crippen molar-refractivity contribution in [3.8, 4) is 0 Å². The second kappa shape index (κ2) is 6.58. The van der Waals surface area contributed by atoms with Crippen molar-refractivity contribution in [3.05, 3.63) is 66.2 Å². The number of benzene rings is 2. The minimum Gasteiger partial charge on any atom is -0.324 e. The molecule has 1 atom stereocenters. The molecule has 0 saturated carbocycles. The van der Waals surface area contributed by atoms with Crippen molar-refractivity contribution >= 4 is 38.5 Å². The minimum atomic E-state index is 0.0131. The second-order valence-electron chi connectivity index (χ2n) is 5.35. The number of nitrogens with two attached hydrogens (primary N) is 1. The summed E-state index contributed by atoms with van der Waals surface area (Å²) in [5, 5.41) is 0. The highest BCUT2D eigenvalue weighted by Crippen LogP contribution is 2.28. The van der Waals surface area contributed by atoms with Crippen molar-refractivity contribution in [2.24, 2.45) is 5.73 Å². The maximum absolute atomic E-state index is 6.44. The summed E-state index contributed by atoms with van der Waals surface area (Å²) >= 11 is 5.94. The zero-order valence-electron chi connectivity index (χ0n) is 12.0. The molecule has 0 amide bonds. The molecule has 1 nitrogen and oxygen atoms in total. The molecular weight excluding hydrogens is 425 g/mol. The van der Waals surface area contributed by atoms with Gasteiger partial charge in [-0.25, -0.2) is 0 Å². The lowest BCUT2D eigenvalue weighted by atomic mass is 9.92. The van der Waals surface area contributed by atoms with Crippen molar-refractivity contribution < 1.29 is 0 Å². The van der Waals surface area contributed by atoms with Crippen LogP contribution in [-0.2, 0) is 6.42 Å². The SMILES string of the molecule is Cc1cc(C)c(CC(N)c2cc(I)ccc2Br)c(C)c1. The van der Waals surface area contributed by atoms with Gasteiger partial charge in [-0.05, 0) is 90.2 Å². The quantitative estimate of drug-likeness (QED) is 0.646. The van der Waals surface area contributed by atoms with Crippen LogP contribution in [0, 0.1) is 24.3 Å². The standard InChI is InChI=1S/C17H19BrIN/c1-10-6-11(2)14(12(3)7-10)9-17(20)15-8-13(19)4-5-16(15)18/h4-8,17H,9,20H2,1-3H3. The Morgan fingerprint density at radius 3 is 2.30 bits per heavy atom. The lowest BCUT2D eigenvalue weighted by molar-refractivity contribution is 0.711. The Kier molecular flexibility index (Phi) is 5.26. The molecule has 0 bridgehead atoms. The first-order valence-corrected chi connectivity index (χ1v) is 8.53. The molecule has 0 heterocycles. The Balaban J connectivity index is 2.32. The molecule has 0 aliphatic carbocycles. The topological polar surface area (TPSA) is 26.0 Å². The Morgan fingerprint density at radius 1 is 1.10 bits per heavy atom. The van der Waals surface area contributed by atoms with E-state index in [-0.39, 0.29) is 6.04 Å². The molecule has 2 aromatic rings. The molecule has 0 fully saturated rings. The van der Waals surface area contributed by atoms with Crippen LogP contribution >= 0.6 is 38.5 Å². The molecule has 0 spiro atoms. The van der Waals surface area contributed by atoms with Gasteiger partial charge in [0.25, 0.3) is 0 Å². The Bertz CT molecular complexity index is 614. The van der Waals surface area contributed by atoms with E-state index in [9.17, 15) is 0 Å². The third kappa shape index (κ3) is 3.62. The van der Waals surface area contributed by atoms with E-state index in [1.807, 2.05) is 0 Å². The van der Waals surface area contributed by atoms with Crippen LogP contribution in [-0.4, -0.2) is 0 Å². The number of aryl methyl sites for hydroxylation is 3. The van der Waals surface area contributed by atoms with Crippen LogP contribution < -0.4 is 5.73 Å². The molecule has 0 aromatic heterocycles. The minimum absolute atomic E-state index is 0.0131. The smallest absolute Gasteiger partial charge is 0.0347 e. The highest BCUT2D eigenvalue weighted by atomic mass is 127. The summed E-state index contributed by atoms with van der Waals surface area (Å²) in [4.78, 5) is 0. The number of hydrogen-bond donors (Lipinski definition) is 1. The van der Waals surface area contributed by atoms with E-state index < -0.39 is 0 Å². The highest BCUT2D eigenvalue weighted by molar-refractivity contribution is 14.1. The zero-order valence-corrected chi connectivity index (χ0v) is 15.7. The van der Waals surface area contributed by atoms with E-state index in [1.54, 1.807) is 0 Å². The second-order valence-corrected chi connectivity index (χ2v) is 7.45. The molecule has 2 aromatic carbocycles. The predicted octanol–water partition coefficient (Wildman–Crippen LogP) is 5.22. The van der Waals surface area contributed by atoms with Gasteiger partial charge in [0.15, 0.2) is 0 Å². The average Bonchev–Trinajstić information content (AvgIpc) is 2.36. The molecule has 1 unspecified atom stereocenters. The Hall–Kier alpha value is -0.390. The molecule has 0 saturated heterocycles. The highest BCUT2D eigenvalue weighted by Gasteiger charge is 2.14. The van der Waals surface area contributed by atoms with Gasteiger partial charge in [0.1, 0.15) is 0 Å². The van der Waals surface area contributed by atoms with Crippen molar-refractivity contribution in [2.45, 2.75) is 33.2 Å². The molecular formula is C17H19BrIN. The van der Waals surface area contributed by atoms with Gasteiger partial charge in [-0.1, -0.05) is 33.6 Å². The molecule has 0 radical (unpaired) electrons. The van der Waals surface area contributed by atoms with Crippen LogP contribution in [0.3, 0.4) is 0 Å². The van der Waals surface area contributed by atoms with Gasteiger partial charge in [-0.15, -0.1) is 0 Å². The van der Waals surface area contributed by atoms with Gasteiger partial charge in [0.2, 0.25) is 0 Å².